The quantitative estimate of drug-likeness (QED) is 0.561. The van der Waals surface area contributed by atoms with E-state index in [1.54, 1.807) is 0 Å². The van der Waals surface area contributed by atoms with Crippen molar-refractivity contribution in [3.8, 4) is 0 Å². The first kappa shape index (κ1) is 19.5. The molecule has 5 rings (SSSR count). The lowest BCUT2D eigenvalue weighted by molar-refractivity contribution is 0.0142. The molecule has 1 saturated heterocycles. The van der Waals surface area contributed by atoms with Crippen LogP contribution in [0.5, 0.6) is 0 Å². The van der Waals surface area contributed by atoms with Crippen LogP contribution in [0.2, 0.25) is 0 Å². The Kier molecular flexibility index (Phi) is 4.95. The molecule has 4 nitrogen and oxygen atoms in total. The van der Waals surface area contributed by atoms with Crippen molar-refractivity contribution in [1.82, 2.24) is 5.06 Å². The third-order valence-corrected chi connectivity index (χ3v) is 8.25. The molecule has 0 unspecified atom stereocenters. The van der Waals surface area contributed by atoms with Gasteiger partial charge in [0.15, 0.2) is 0 Å². The van der Waals surface area contributed by atoms with Crippen LogP contribution in [-0.2, 0) is 11.8 Å². The summed E-state index contributed by atoms with van der Waals surface area (Å²) in [6.07, 6.45) is 6.48. The van der Waals surface area contributed by atoms with Crippen LogP contribution >= 0.6 is 22.6 Å². The van der Waals surface area contributed by atoms with Gasteiger partial charge in [0.2, 0.25) is 0 Å². The monoisotopic (exact) mass is 501 g/mol. The van der Waals surface area contributed by atoms with Gasteiger partial charge < -0.3 is 15.6 Å². The smallest absolute Gasteiger partial charge is 0.255 e. The molecule has 0 spiro atoms. The second-order valence-electron chi connectivity index (χ2n) is 8.92. The van der Waals surface area contributed by atoms with E-state index in [4.69, 9.17) is 0 Å². The summed E-state index contributed by atoms with van der Waals surface area (Å²) in [4.78, 5) is 13.0. The van der Waals surface area contributed by atoms with Crippen molar-refractivity contribution in [2.45, 2.75) is 56.9 Å². The van der Waals surface area contributed by atoms with Crippen LogP contribution in [-0.4, -0.2) is 23.6 Å². The molecule has 1 N–H and O–H groups in total. The SMILES string of the molecule is Cc1ccc2c(c1NC(=O)c1ccc(I)cc1)C[C@@H]1[C@@H]3CCCC[C@]23CCN1[O-]. The third-order valence-electron chi connectivity index (χ3n) is 7.53. The maximum Gasteiger partial charge on any atom is 0.255 e. The molecule has 1 saturated carbocycles. The molecule has 2 aliphatic carbocycles. The van der Waals surface area contributed by atoms with Crippen molar-refractivity contribution in [2.24, 2.45) is 5.92 Å². The minimum atomic E-state index is -0.0784. The van der Waals surface area contributed by atoms with E-state index in [1.165, 1.54) is 35.5 Å². The fourth-order valence-corrected chi connectivity index (χ4v) is 6.50. The first-order valence-corrected chi connectivity index (χ1v) is 11.7. The number of hydroxylamine groups is 2. The molecule has 1 aliphatic heterocycles. The van der Waals surface area contributed by atoms with Crippen molar-refractivity contribution in [1.29, 1.82) is 0 Å². The summed E-state index contributed by atoms with van der Waals surface area (Å²) in [6, 6.07) is 12.1. The maximum atomic E-state index is 13.0. The van der Waals surface area contributed by atoms with Crippen molar-refractivity contribution in [3.05, 3.63) is 67.4 Å². The number of fused-ring (bicyclic) bond motifs is 1. The largest absolute Gasteiger partial charge is 0.785 e. The topological polar surface area (TPSA) is 55.4 Å². The minimum absolute atomic E-state index is 0.0484. The molecule has 1 amide bonds. The lowest BCUT2D eigenvalue weighted by atomic mass is 9.52. The number of halogens is 1. The van der Waals surface area contributed by atoms with E-state index in [9.17, 15) is 10.0 Å². The van der Waals surface area contributed by atoms with Gasteiger partial charge in [0.1, 0.15) is 0 Å². The number of piperidine rings is 1. The molecule has 5 heteroatoms. The normalized spacial score (nSPS) is 28.4. The van der Waals surface area contributed by atoms with Gasteiger partial charge >= 0.3 is 0 Å². The van der Waals surface area contributed by atoms with Crippen LogP contribution in [0, 0.1) is 21.6 Å². The van der Waals surface area contributed by atoms with Gasteiger partial charge in [-0.1, -0.05) is 25.0 Å². The molecule has 2 fully saturated rings. The Morgan fingerprint density at radius 1 is 1.17 bits per heavy atom. The molecule has 0 radical (unpaired) electrons. The van der Waals surface area contributed by atoms with Crippen molar-refractivity contribution in [2.75, 3.05) is 11.9 Å². The van der Waals surface area contributed by atoms with Gasteiger partial charge in [0, 0.05) is 26.3 Å². The van der Waals surface area contributed by atoms with E-state index in [0.717, 1.165) is 34.1 Å². The van der Waals surface area contributed by atoms with Gasteiger partial charge in [0.25, 0.3) is 5.91 Å². The lowest BCUT2D eigenvalue weighted by Gasteiger charge is -2.61. The highest BCUT2D eigenvalue weighted by atomic mass is 127. The van der Waals surface area contributed by atoms with Gasteiger partial charge in [0.05, 0.1) is 0 Å². The van der Waals surface area contributed by atoms with Gasteiger partial charge in [-0.3, -0.25) is 4.79 Å². The number of carbonyl (C=O) groups excluding carboxylic acids is 1. The number of amides is 1. The molecule has 1 heterocycles. The molecule has 3 atom stereocenters. The summed E-state index contributed by atoms with van der Waals surface area (Å²) in [5.41, 5.74) is 5.38. The summed E-state index contributed by atoms with van der Waals surface area (Å²) in [7, 11) is 0. The Hall–Kier alpha value is -1.44. The van der Waals surface area contributed by atoms with Gasteiger partial charge in [-0.05, 0) is 109 Å². The summed E-state index contributed by atoms with van der Waals surface area (Å²) in [5, 5.41) is 17.3. The molecule has 3 aliphatic rings. The fourth-order valence-electron chi connectivity index (χ4n) is 6.14. The molecular weight excluding hydrogens is 475 g/mol. The first-order valence-electron chi connectivity index (χ1n) is 10.6. The van der Waals surface area contributed by atoms with Crippen LogP contribution < -0.4 is 5.32 Å². The average Bonchev–Trinajstić information content (AvgIpc) is 2.73. The molecule has 152 valence electrons. The molecule has 29 heavy (non-hydrogen) atoms. The number of anilines is 1. The van der Waals surface area contributed by atoms with Gasteiger partial charge in [-0.2, -0.15) is 0 Å². The number of rotatable bonds is 2. The fraction of sp³-hybridized carbons (Fsp3) is 0.458. The van der Waals surface area contributed by atoms with Crippen LogP contribution in [0.4, 0.5) is 5.69 Å². The Labute approximate surface area is 185 Å². The van der Waals surface area contributed by atoms with Crippen molar-refractivity contribution < 1.29 is 4.79 Å². The standard InChI is InChI=1S/C24H26IN2O2/c1-15-5-10-19-18(22(15)26-23(28)16-6-8-17(25)9-7-16)14-21-20-4-2-3-11-24(19,20)12-13-27(21)29/h5-10,20-21H,2-4,11-14H2,1H3,(H,26,28)/q-1/t20-,21+,24-/m0/s1. The summed E-state index contributed by atoms with van der Waals surface area (Å²) in [6.45, 7) is 2.69. The minimum Gasteiger partial charge on any atom is -0.785 e. The second-order valence-corrected chi connectivity index (χ2v) is 10.2. The number of hydrogen-bond acceptors (Lipinski definition) is 3. The highest BCUT2D eigenvalue weighted by Crippen LogP contribution is 2.56. The number of nitrogens with zero attached hydrogens (tertiary/aromatic N) is 1. The summed E-state index contributed by atoms with van der Waals surface area (Å²) >= 11 is 2.24. The zero-order valence-electron chi connectivity index (χ0n) is 16.7. The predicted octanol–water partition coefficient (Wildman–Crippen LogP) is 5.41. The van der Waals surface area contributed by atoms with E-state index >= 15 is 0 Å². The number of nitrogens with one attached hydrogen (secondary N) is 1. The molecule has 2 bridgehead atoms. The zero-order valence-corrected chi connectivity index (χ0v) is 18.9. The molecule has 2 aromatic carbocycles. The van der Waals surface area contributed by atoms with Crippen LogP contribution in [0.25, 0.3) is 0 Å². The van der Waals surface area contributed by atoms with Crippen LogP contribution in [0.15, 0.2) is 36.4 Å². The number of benzene rings is 2. The highest BCUT2D eigenvalue weighted by Gasteiger charge is 2.52. The Morgan fingerprint density at radius 3 is 2.76 bits per heavy atom. The van der Waals surface area contributed by atoms with E-state index in [0.29, 0.717) is 18.0 Å². The Morgan fingerprint density at radius 2 is 1.97 bits per heavy atom. The highest BCUT2D eigenvalue weighted by molar-refractivity contribution is 14.1. The van der Waals surface area contributed by atoms with E-state index < -0.39 is 0 Å². The maximum absolute atomic E-state index is 13.0. The van der Waals surface area contributed by atoms with Crippen molar-refractivity contribution >= 4 is 34.2 Å². The predicted molar refractivity (Wildman–Crippen MR) is 124 cm³/mol. The van der Waals surface area contributed by atoms with Gasteiger partial charge in [-0.25, -0.2) is 0 Å². The first-order chi connectivity index (χ1) is 14.0. The number of carbonyl (C=O) groups is 1. The lowest BCUT2D eigenvalue weighted by Crippen LogP contribution is -2.59. The summed E-state index contributed by atoms with van der Waals surface area (Å²) < 4.78 is 1.11. The average molecular weight is 501 g/mol. The molecular formula is C24H26IN2O2-. The van der Waals surface area contributed by atoms with Crippen LogP contribution in [0.1, 0.15) is 59.2 Å². The number of aryl methyl sites for hydroxylation is 1. The number of hydrogen-bond donors (Lipinski definition) is 1. The van der Waals surface area contributed by atoms with E-state index in [-0.39, 0.29) is 17.4 Å². The van der Waals surface area contributed by atoms with E-state index in [2.05, 4.69) is 47.0 Å². The molecule has 2 aromatic rings. The Balaban J connectivity index is 1.57. The summed E-state index contributed by atoms with van der Waals surface area (Å²) in [5.74, 6) is 0.378. The second kappa shape index (κ2) is 7.36. The molecule has 0 aromatic heterocycles. The van der Waals surface area contributed by atoms with Crippen molar-refractivity contribution in [3.63, 3.8) is 0 Å². The van der Waals surface area contributed by atoms with Crippen LogP contribution in [0.3, 0.4) is 0 Å². The third kappa shape index (κ3) is 3.13. The van der Waals surface area contributed by atoms with Gasteiger partial charge in [-0.15, -0.1) is 0 Å². The zero-order chi connectivity index (χ0) is 20.2. The van der Waals surface area contributed by atoms with E-state index in [1.807, 2.05) is 24.3 Å². The Bertz CT molecular complexity index is 958.